The third-order valence-corrected chi connectivity index (χ3v) is 5.74. The Morgan fingerprint density at radius 1 is 1.10 bits per heavy atom. The van der Waals surface area contributed by atoms with Gasteiger partial charge < -0.3 is 19.8 Å². The van der Waals surface area contributed by atoms with E-state index in [1.165, 1.54) is 11.6 Å². The summed E-state index contributed by atoms with van der Waals surface area (Å²) in [4.78, 5) is 8.59. The van der Waals surface area contributed by atoms with Crippen molar-refractivity contribution in [2.24, 2.45) is 0 Å². The van der Waals surface area contributed by atoms with E-state index in [1.54, 1.807) is 12.1 Å². The fraction of sp³-hybridized carbons (Fsp3) is 0.250. The molecule has 5 nitrogen and oxygen atoms in total. The maximum Gasteiger partial charge on any atom is 0.128 e. The Kier molecular flexibility index (Phi) is 5.02. The third kappa shape index (κ3) is 3.72. The Hall–Kier alpha value is -3.09. The first kappa shape index (κ1) is 18.9. The number of aromatic amines is 2. The molecule has 2 aromatic heterocycles. The fourth-order valence-electron chi connectivity index (χ4n) is 4.20. The second kappa shape index (κ2) is 7.97. The maximum absolute atomic E-state index is 13.6. The number of hydrogen-bond donors (Lipinski definition) is 3. The van der Waals surface area contributed by atoms with Gasteiger partial charge in [0.15, 0.2) is 0 Å². The summed E-state index contributed by atoms with van der Waals surface area (Å²) >= 11 is 0. The van der Waals surface area contributed by atoms with Gasteiger partial charge >= 0.3 is 0 Å². The SMILES string of the molecule is O[C@H](COc1cccc2[nH]ccc12)CN1CC=C(c2c[nH]c3ccc(F)cc23)CC1. The number of rotatable bonds is 6. The third-order valence-electron chi connectivity index (χ3n) is 5.74. The molecular weight excluding hydrogens is 381 g/mol. The number of aliphatic hydroxyl groups excluding tert-OH is 1. The summed E-state index contributed by atoms with van der Waals surface area (Å²) in [6.45, 7) is 2.40. The Bertz CT molecular complexity index is 1210. The van der Waals surface area contributed by atoms with Crippen molar-refractivity contribution in [2.75, 3.05) is 26.2 Å². The first-order chi connectivity index (χ1) is 14.7. The van der Waals surface area contributed by atoms with Gasteiger partial charge in [-0.15, -0.1) is 0 Å². The van der Waals surface area contributed by atoms with E-state index in [2.05, 4.69) is 20.9 Å². The average Bonchev–Trinajstić information content (AvgIpc) is 3.40. The monoisotopic (exact) mass is 405 g/mol. The molecule has 0 spiro atoms. The molecule has 30 heavy (non-hydrogen) atoms. The highest BCUT2D eigenvalue weighted by atomic mass is 19.1. The van der Waals surface area contributed by atoms with Crippen LogP contribution in [0.5, 0.6) is 5.75 Å². The van der Waals surface area contributed by atoms with Crippen molar-refractivity contribution in [3.8, 4) is 5.75 Å². The molecule has 1 atom stereocenters. The smallest absolute Gasteiger partial charge is 0.128 e. The van der Waals surface area contributed by atoms with Crippen LogP contribution in [-0.2, 0) is 0 Å². The van der Waals surface area contributed by atoms with Crippen LogP contribution in [0.2, 0.25) is 0 Å². The minimum atomic E-state index is -0.573. The Morgan fingerprint density at radius 2 is 2.00 bits per heavy atom. The van der Waals surface area contributed by atoms with Crippen molar-refractivity contribution in [2.45, 2.75) is 12.5 Å². The number of nitrogens with zero attached hydrogens (tertiary/aromatic N) is 1. The molecule has 0 unspecified atom stereocenters. The number of aromatic nitrogens is 2. The normalized spacial score (nSPS) is 16.1. The summed E-state index contributed by atoms with van der Waals surface area (Å²) in [6, 6.07) is 12.7. The van der Waals surface area contributed by atoms with Gasteiger partial charge in [-0.05, 0) is 48.4 Å². The molecule has 0 fully saturated rings. The van der Waals surface area contributed by atoms with Gasteiger partial charge in [0.1, 0.15) is 24.3 Å². The largest absolute Gasteiger partial charge is 0.490 e. The molecule has 0 bridgehead atoms. The minimum absolute atomic E-state index is 0.222. The van der Waals surface area contributed by atoms with Crippen LogP contribution in [0.25, 0.3) is 27.4 Å². The highest BCUT2D eigenvalue weighted by Crippen LogP contribution is 2.30. The van der Waals surface area contributed by atoms with Gasteiger partial charge in [-0.2, -0.15) is 0 Å². The highest BCUT2D eigenvalue weighted by Gasteiger charge is 2.18. The van der Waals surface area contributed by atoms with Gasteiger partial charge in [-0.3, -0.25) is 4.90 Å². The van der Waals surface area contributed by atoms with Gasteiger partial charge in [0.2, 0.25) is 0 Å². The topological polar surface area (TPSA) is 64.3 Å². The first-order valence-corrected chi connectivity index (χ1v) is 10.2. The molecule has 1 aliphatic heterocycles. The number of β-amino-alcohol motifs (C(OH)–C–C–N with tert-alkyl or cyclic N) is 1. The molecule has 154 valence electrons. The van der Waals surface area contributed by atoms with Crippen molar-refractivity contribution >= 4 is 27.4 Å². The first-order valence-electron chi connectivity index (χ1n) is 10.2. The molecule has 0 amide bonds. The number of nitrogens with one attached hydrogen (secondary N) is 2. The molecule has 3 N–H and O–H groups in total. The summed E-state index contributed by atoms with van der Waals surface area (Å²) in [5.41, 5.74) is 4.24. The van der Waals surface area contributed by atoms with Gasteiger partial charge in [0.05, 0.1) is 0 Å². The number of H-pyrrole nitrogens is 2. The number of fused-ring (bicyclic) bond motifs is 2. The van der Waals surface area contributed by atoms with Crippen molar-refractivity contribution in [1.29, 1.82) is 0 Å². The lowest BCUT2D eigenvalue weighted by atomic mass is 9.98. The standard InChI is InChI=1S/C24H24FN3O2/c25-17-4-5-23-20(12-17)21(13-27-23)16-7-10-28(11-8-16)14-18(29)15-30-24-3-1-2-22-19(24)6-9-26-22/h1-7,9,12-13,18,26-27,29H,8,10-11,14-15H2/t18-/m0/s1. The van der Waals surface area contributed by atoms with Crippen molar-refractivity contribution in [1.82, 2.24) is 14.9 Å². The second-order valence-electron chi connectivity index (χ2n) is 7.79. The van der Waals surface area contributed by atoms with Crippen LogP contribution in [0.4, 0.5) is 4.39 Å². The lowest BCUT2D eigenvalue weighted by Gasteiger charge is -2.28. The maximum atomic E-state index is 13.6. The van der Waals surface area contributed by atoms with Crippen LogP contribution in [-0.4, -0.2) is 52.3 Å². The second-order valence-corrected chi connectivity index (χ2v) is 7.79. The van der Waals surface area contributed by atoms with Crippen LogP contribution in [0.15, 0.2) is 60.9 Å². The molecule has 3 heterocycles. The van der Waals surface area contributed by atoms with E-state index in [-0.39, 0.29) is 12.4 Å². The van der Waals surface area contributed by atoms with Crippen molar-refractivity contribution in [3.05, 3.63) is 72.3 Å². The number of aliphatic hydroxyl groups is 1. The lowest BCUT2D eigenvalue weighted by Crippen LogP contribution is -2.38. The summed E-state index contributed by atoms with van der Waals surface area (Å²) in [7, 11) is 0. The zero-order chi connectivity index (χ0) is 20.5. The van der Waals surface area contributed by atoms with E-state index in [4.69, 9.17) is 4.74 Å². The summed E-state index contributed by atoms with van der Waals surface area (Å²) < 4.78 is 19.5. The van der Waals surface area contributed by atoms with Crippen molar-refractivity contribution < 1.29 is 14.2 Å². The van der Waals surface area contributed by atoms with Gasteiger partial charge in [-0.1, -0.05) is 12.1 Å². The van der Waals surface area contributed by atoms with E-state index in [0.717, 1.165) is 52.6 Å². The molecule has 1 aliphatic rings. The molecule has 5 rings (SSSR count). The van der Waals surface area contributed by atoms with E-state index in [1.807, 2.05) is 36.7 Å². The van der Waals surface area contributed by atoms with E-state index >= 15 is 0 Å². The molecule has 6 heteroatoms. The molecule has 4 aromatic rings. The molecule has 0 saturated heterocycles. The number of ether oxygens (including phenoxy) is 1. The molecule has 0 aliphatic carbocycles. The quantitative estimate of drug-likeness (QED) is 0.448. The Balaban J connectivity index is 1.19. The number of benzene rings is 2. The van der Waals surface area contributed by atoms with Crippen molar-refractivity contribution in [3.63, 3.8) is 0 Å². The Labute approximate surface area is 173 Å². The van der Waals surface area contributed by atoms with Crippen LogP contribution in [0.3, 0.4) is 0 Å². The zero-order valence-electron chi connectivity index (χ0n) is 16.6. The van der Waals surface area contributed by atoms with Gasteiger partial charge in [0.25, 0.3) is 0 Å². The summed E-state index contributed by atoms with van der Waals surface area (Å²) in [5.74, 6) is 0.556. The molecule has 2 aromatic carbocycles. The van der Waals surface area contributed by atoms with Crippen LogP contribution >= 0.6 is 0 Å². The fourth-order valence-corrected chi connectivity index (χ4v) is 4.20. The van der Waals surface area contributed by atoms with Crippen LogP contribution < -0.4 is 4.74 Å². The van der Waals surface area contributed by atoms with Crippen LogP contribution in [0, 0.1) is 5.82 Å². The Morgan fingerprint density at radius 3 is 2.87 bits per heavy atom. The van der Waals surface area contributed by atoms with Crippen LogP contribution in [0.1, 0.15) is 12.0 Å². The van der Waals surface area contributed by atoms with Gasteiger partial charge in [-0.25, -0.2) is 4.39 Å². The zero-order valence-corrected chi connectivity index (χ0v) is 16.6. The minimum Gasteiger partial charge on any atom is -0.490 e. The lowest BCUT2D eigenvalue weighted by molar-refractivity contribution is 0.0722. The summed E-state index contributed by atoms with van der Waals surface area (Å²) in [5, 5.41) is 12.4. The average molecular weight is 405 g/mol. The highest BCUT2D eigenvalue weighted by molar-refractivity contribution is 5.92. The van der Waals surface area contributed by atoms with E-state index < -0.39 is 6.10 Å². The molecule has 0 saturated carbocycles. The molecular formula is C24H24FN3O2. The van der Waals surface area contributed by atoms with Gasteiger partial charge in [0, 0.05) is 59.4 Å². The summed E-state index contributed by atoms with van der Waals surface area (Å²) in [6.07, 6.45) is 6.30. The number of hydrogen-bond acceptors (Lipinski definition) is 3. The predicted molar refractivity (Wildman–Crippen MR) is 117 cm³/mol. The number of halogens is 1. The predicted octanol–water partition coefficient (Wildman–Crippen LogP) is 4.32. The molecule has 0 radical (unpaired) electrons. The van der Waals surface area contributed by atoms with E-state index in [9.17, 15) is 9.50 Å². The van der Waals surface area contributed by atoms with E-state index in [0.29, 0.717) is 6.54 Å².